The van der Waals surface area contributed by atoms with Crippen molar-refractivity contribution in [1.29, 1.82) is 0 Å². The fourth-order valence-electron chi connectivity index (χ4n) is 1.76. The van der Waals surface area contributed by atoms with E-state index in [-0.39, 0.29) is 0 Å². The minimum Gasteiger partial charge on any atom is -0.399 e. The van der Waals surface area contributed by atoms with Gasteiger partial charge >= 0.3 is 0 Å². The van der Waals surface area contributed by atoms with Gasteiger partial charge in [-0.1, -0.05) is 12.1 Å². The van der Waals surface area contributed by atoms with Crippen molar-refractivity contribution >= 4 is 22.7 Å². The SMILES string of the molecule is Nc1ccc(Cc2cc(N)cc(N)c2N)cc1. The van der Waals surface area contributed by atoms with Crippen molar-refractivity contribution < 1.29 is 0 Å². The van der Waals surface area contributed by atoms with E-state index in [2.05, 4.69) is 0 Å². The predicted octanol–water partition coefficient (Wildman–Crippen LogP) is 1.61. The summed E-state index contributed by atoms with van der Waals surface area (Å²) < 4.78 is 0. The summed E-state index contributed by atoms with van der Waals surface area (Å²) in [6, 6.07) is 11.2. The van der Waals surface area contributed by atoms with E-state index in [4.69, 9.17) is 22.9 Å². The fraction of sp³-hybridized carbons (Fsp3) is 0.0769. The zero-order valence-corrected chi connectivity index (χ0v) is 9.48. The van der Waals surface area contributed by atoms with Crippen LogP contribution < -0.4 is 22.9 Å². The fourth-order valence-corrected chi connectivity index (χ4v) is 1.76. The van der Waals surface area contributed by atoms with E-state index in [1.807, 2.05) is 30.3 Å². The molecule has 0 amide bonds. The standard InChI is InChI=1S/C13H16N4/c14-10-3-1-8(2-4-10)5-9-6-11(15)7-12(16)13(9)17/h1-4,6-7H,5,14-17H2. The Morgan fingerprint density at radius 2 is 1.41 bits per heavy atom. The van der Waals surface area contributed by atoms with Crippen molar-refractivity contribution in [3.8, 4) is 0 Å². The summed E-state index contributed by atoms with van der Waals surface area (Å²) in [7, 11) is 0. The first-order valence-corrected chi connectivity index (χ1v) is 5.34. The Labute approximate surface area is 100 Å². The second kappa shape index (κ2) is 4.25. The van der Waals surface area contributed by atoms with Gasteiger partial charge in [-0.05, 0) is 41.8 Å². The van der Waals surface area contributed by atoms with Crippen LogP contribution in [0.15, 0.2) is 36.4 Å². The van der Waals surface area contributed by atoms with E-state index < -0.39 is 0 Å². The molecule has 0 heterocycles. The Hall–Kier alpha value is -2.36. The van der Waals surface area contributed by atoms with Gasteiger partial charge in [-0.15, -0.1) is 0 Å². The van der Waals surface area contributed by atoms with E-state index in [9.17, 15) is 0 Å². The molecule has 2 aromatic rings. The molecule has 4 nitrogen and oxygen atoms in total. The van der Waals surface area contributed by atoms with Crippen molar-refractivity contribution in [2.45, 2.75) is 6.42 Å². The summed E-state index contributed by atoms with van der Waals surface area (Å²) in [5, 5.41) is 0. The summed E-state index contributed by atoms with van der Waals surface area (Å²) in [5.74, 6) is 0. The zero-order chi connectivity index (χ0) is 12.4. The Kier molecular flexibility index (Phi) is 2.78. The third kappa shape index (κ3) is 2.42. The maximum absolute atomic E-state index is 5.92. The van der Waals surface area contributed by atoms with Crippen molar-refractivity contribution in [2.75, 3.05) is 22.9 Å². The molecule has 0 aromatic heterocycles. The third-order valence-corrected chi connectivity index (χ3v) is 2.69. The van der Waals surface area contributed by atoms with Crippen LogP contribution in [0.1, 0.15) is 11.1 Å². The van der Waals surface area contributed by atoms with Gasteiger partial charge in [0.1, 0.15) is 0 Å². The van der Waals surface area contributed by atoms with Gasteiger partial charge in [-0.25, -0.2) is 0 Å². The van der Waals surface area contributed by atoms with Crippen molar-refractivity contribution in [1.82, 2.24) is 0 Å². The van der Waals surface area contributed by atoms with Crippen LogP contribution in [-0.2, 0) is 6.42 Å². The van der Waals surface area contributed by atoms with Gasteiger partial charge in [0, 0.05) is 11.4 Å². The van der Waals surface area contributed by atoms with Gasteiger partial charge in [-0.3, -0.25) is 0 Å². The summed E-state index contributed by atoms with van der Waals surface area (Å²) in [6.45, 7) is 0. The van der Waals surface area contributed by atoms with Gasteiger partial charge in [0.2, 0.25) is 0 Å². The summed E-state index contributed by atoms with van der Waals surface area (Å²) in [5.41, 5.74) is 27.6. The summed E-state index contributed by atoms with van der Waals surface area (Å²) >= 11 is 0. The van der Waals surface area contributed by atoms with E-state index in [1.54, 1.807) is 6.07 Å². The van der Waals surface area contributed by atoms with E-state index >= 15 is 0 Å². The largest absolute Gasteiger partial charge is 0.399 e. The molecule has 2 rings (SSSR count). The quantitative estimate of drug-likeness (QED) is 0.586. The molecule has 0 unspecified atom stereocenters. The number of nitrogens with two attached hydrogens (primary N) is 4. The number of rotatable bonds is 2. The second-order valence-electron chi connectivity index (χ2n) is 4.10. The molecule has 88 valence electrons. The van der Waals surface area contributed by atoms with E-state index in [1.165, 1.54) is 0 Å². The first kappa shape index (κ1) is 11.1. The van der Waals surface area contributed by atoms with Crippen LogP contribution >= 0.6 is 0 Å². The molecule has 2 aromatic carbocycles. The molecule has 0 saturated carbocycles. The molecule has 8 N–H and O–H groups in total. The molecule has 0 radical (unpaired) electrons. The van der Waals surface area contributed by atoms with Crippen LogP contribution in [0.5, 0.6) is 0 Å². The second-order valence-corrected chi connectivity index (χ2v) is 4.10. The minimum absolute atomic E-state index is 0.524. The van der Waals surface area contributed by atoms with E-state index in [0.29, 0.717) is 23.5 Å². The van der Waals surface area contributed by atoms with Crippen LogP contribution in [0.4, 0.5) is 22.7 Å². The molecule has 0 spiro atoms. The summed E-state index contributed by atoms with van der Waals surface area (Å²) in [4.78, 5) is 0. The monoisotopic (exact) mass is 228 g/mol. The van der Waals surface area contributed by atoms with E-state index in [0.717, 1.165) is 16.8 Å². The lowest BCUT2D eigenvalue weighted by atomic mass is 10.0. The number of hydrogen-bond acceptors (Lipinski definition) is 4. The molecule has 4 heteroatoms. The van der Waals surface area contributed by atoms with Crippen LogP contribution in [-0.4, -0.2) is 0 Å². The Bertz CT molecular complexity index is 532. The molecule has 0 aliphatic heterocycles. The zero-order valence-electron chi connectivity index (χ0n) is 9.48. The van der Waals surface area contributed by atoms with Gasteiger partial charge in [0.25, 0.3) is 0 Å². The first-order valence-electron chi connectivity index (χ1n) is 5.34. The lowest BCUT2D eigenvalue weighted by Gasteiger charge is -2.10. The maximum atomic E-state index is 5.92. The average molecular weight is 228 g/mol. The Balaban J connectivity index is 2.32. The number of anilines is 4. The Morgan fingerprint density at radius 1 is 0.765 bits per heavy atom. The van der Waals surface area contributed by atoms with Crippen LogP contribution in [0.3, 0.4) is 0 Å². The molecule has 17 heavy (non-hydrogen) atoms. The highest BCUT2D eigenvalue weighted by atomic mass is 14.7. The molecule has 0 fully saturated rings. The normalized spacial score (nSPS) is 10.4. The van der Waals surface area contributed by atoms with Crippen LogP contribution in [0.25, 0.3) is 0 Å². The molecule has 0 aliphatic rings. The maximum Gasteiger partial charge on any atom is 0.0585 e. The predicted molar refractivity (Wildman–Crippen MR) is 73.3 cm³/mol. The molecule has 0 atom stereocenters. The minimum atomic E-state index is 0.524. The van der Waals surface area contributed by atoms with Crippen LogP contribution in [0.2, 0.25) is 0 Å². The number of hydrogen-bond donors (Lipinski definition) is 4. The van der Waals surface area contributed by atoms with Gasteiger partial charge in [0.05, 0.1) is 11.4 Å². The molecular weight excluding hydrogens is 212 g/mol. The van der Waals surface area contributed by atoms with Gasteiger partial charge in [-0.2, -0.15) is 0 Å². The topological polar surface area (TPSA) is 104 Å². The average Bonchev–Trinajstić information content (AvgIpc) is 2.28. The van der Waals surface area contributed by atoms with Crippen LogP contribution in [0, 0.1) is 0 Å². The Morgan fingerprint density at radius 3 is 2.06 bits per heavy atom. The highest BCUT2D eigenvalue weighted by Crippen LogP contribution is 2.26. The lowest BCUT2D eigenvalue weighted by Crippen LogP contribution is -2.02. The van der Waals surface area contributed by atoms with Gasteiger partial charge < -0.3 is 22.9 Å². The number of nitrogen functional groups attached to an aromatic ring is 4. The highest BCUT2D eigenvalue weighted by Gasteiger charge is 2.05. The van der Waals surface area contributed by atoms with Crippen molar-refractivity contribution in [3.63, 3.8) is 0 Å². The summed E-state index contributed by atoms with van der Waals surface area (Å²) in [6.07, 6.45) is 0.696. The first-order chi connectivity index (χ1) is 8.06. The molecule has 0 aliphatic carbocycles. The third-order valence-electron chi connectivity index (χ3n) is 2.69. The van der Waals surface area contributed by atoms with Crippen molar-refractivity contribution in [2.24, 2.45) is 0 Å². The van der Waals surface area contributed by atoms with Crippen molar-refractivity contribution in [3.05, 3.63) is 47.5 Å². The van der Waals surface area contributed by atoms with Gasteiger partial charge in [0.15, 0.2) is 0 Å². The molecular formula is C13H16N4. The molecule has 0 bridgehead atoms. The lowest BCUT2D eigenvalue weighted by molar-refractivity contribution is 1.20. The number of benzene rings is 2. The highest BCUT2D eigenvalue weighted by molar-refractivity contribution is 5.73. The smallest absolute Gasteiger partial charge is 0.0585 e. The molecule has 0 saturated heterocycles.